The van der Waals surface area contributed by atoms with Gasteiger partial charge < -0.3 is 0 Å². The minimum atomic E-state index is -4.90. The normalized spacial score (nSPS) is 15.2. The molecule has 0 saturated carbocycles. The number of halogens is 6. The summed E-state index contributed by atoms with van der Waals surface area (Å²) in [4.78, 5) is 0. The lowest BCUT2D eigenvalue weighted by molar-refractivity contribution is -0.116. The fraction of sp³-hybridized carbons (Fsp3) is 0.778. The summed E-state index contributed by atoms with van der Waals surface area (Å²) >= 11 is 0. The van der Waals surface area contributed by atoms with E-state index in [1.54, 1.807) is 6.92 Å². The van der Waals surface area contributed by atoms with E-state index in [1.165, 1.54) is 0 Å². The van der Waals surface area contributed by atoms with E-state index in [2.05, 4.69) is 0 Å². The predicted molar refractivity (Wildman–Crippen MR) is 44.3 cm³/mol. The second-order valence-corrected chi connectivity index (χ2v) is 3.20. The van der Waals surface area contributed by atoms with Crippen molar-refractivity contribution in [3.8, 4) is 0 Å². The lowest BCUT2D eigenvalue weighted by Gasteiger charge is -2.17. The highest BCUT2D eigenvalue weighted by Crippen LogP contribution is 2.38. The molecule has 0 spiro atoms. The quantitative estimate of drug-likeness (QED) is 0.493. The molecule has 0 aromatic heterocycles. The van der Waals surface area contributed by atoms with Crippen LogP contribution in [0.15, 0.2) is 11.1 Å². The van der Waals surface area contributed by atoms with Gasteiger partial charge in [-0.2, -0.15) is 26.3 Å². The number of alkyl halides is 6. The first-order valence-corrected chi connectivity index (χ1v) is 4.44. The third-order valence-electron chi connectivity index (χ3n) is 2.00. The van der Waals surface area contributed by atoms with Crippen molar-refractivity contribution in [2.45, 2.75) is 45.5 Å². The highest BCUT2D eigenvalue weighted by atomic mass is 19.4. The standard InChI is InChI=1S/C9H12F6/c1-3-4-5-7(9(13,14)15)6(2)8(10,11)12/h3-5H2,1-2H3. The van der Waals surface area contributed by atoms with Crippen molar-refractivity contribution in [3.05, 3.63) is 11.1 Å². The van der Waals surface area contributed by atoms with Crippen LogP contribution in [0.1, 0.15) is 33.1 Å². The van der Waals surface area contributed by atoms with Gasteiger partial charge in [0.05, 0.1) is 0 Å². The predicted octanol–water partition coefficient (Wildman–Crippen LogP) is 4.62. The zero-order chi connectivity index (χ0) is 12.3. The molecule has 0 radical (unpaired) electrons. The molecular weight excluding hydrogens is 222 g/mol. The second kappa shape index (κ2) is 4.90. The Labute approximate surface area is 84.0 Å². The van der Waals surface area contributed by atoms with Crippen LogP contribution < -0.4 is 0 Å². The van der Waals surface area contributed by atoms with Crippen molar-refractivity contribution in [2.75, 3.05) is 0 Å². The van der Waals surface area contributed by atoms with Gasteiger partial charge in [-0.15, -0.1) is 0 Å². The van der Waals surface area contributed by atoms with E-state index in [0.717, 1.165) is 0 Å². The Morgan fingerprint density at radius 1 is 0.933 bits per heavy atom. The average Bonchev–Trinajstić information content (AvgIpc) is 2.00. The van der Waals surface area contributed by atoms with E-state index in [4.69, 9.17) is 0 Å². The lowest BCUT2D eigenvalue weighted by Crippen LogP contribution is -2.21. The number of rotatable bonds is 3. The third kappa shape index (κ3) is 4.57. The molecule has 6 heteroatoms. The van der Waals surface area contributed by atoms with Crippen molar-refractivity contribution in [3.63, 3.8) is 0 Å². The molecule has 0 aliphatic carbocycles. The smallest absolute Gasteiger partial charge is 0.166 e. The molecule has 0 bridgehead atoms. The monoisotopic (exact) mass is 234 g/mol. The molecule has 15 heavy (non-hydrogen) atoms. The molecule has 0 amide bonds. The molecule has 0 saturated heterocycles. The van der Waals surface area contributed by atoms with Crippen LogP contribution in [-0.4, -0.2) is 12.4 Å². The summed E-state index contributed by atoms with van der Waals surface area (Å²) in [6.45, 7) is 2.09. The highest BCUT2D eigenvalue weighted by Gasteiger charge is 2.42. The van der Waals surface area contributed by atoms with E-state index in [0.29, 0.717) is 13.3 Å². The van der Waals surface area contributed by atoms with Crippen LogP contribution in [0.25, 0.3) is 0 Å². The summed E-state index contributed by atoms with van der Waals surface area (Å²) in [5, 5.41) is 0. The third-order valence-corrected chi connectivity index (χ3v) is 2.00. The van der Waals surface area contributed by atoms with E-state index < -0.39 is 29.9 Å². The average molecular weight is 234 g/mol. The highest BCUT2D eigenvalue weighted by molar-refractivity contribution is 5.21. The molecule has 0 atom stereocenters. The Kier molecular flexibility index (Phi) is 4.67. The van der Waals surface area contributed by atoms with Crippen LogP contribution in [0.5, 0.6) is 0 Å². The van der Waals surface area contributed by atoms with Crippen LogP contribution in [-0.2, 0) is 0 Å². The Balaban J connectivity index is 5.09. The van der Waals surface area contributed by atoms with Gasteiger partial charge in [0.25, 0.3) is 0 Å². The molecular formula is C9H12F6. The van der Waals surface area contributed by atoms with Crippen LogP contribution in [0.3, 0.4) is 0 Å². The van der Waals surface area contributed by atoms with Gasteiger partial charge in [0.2, 0.25) is 0 Å². The number of unbranched alkanes of at least 4 members (excludes halogenated alkanes) is 1. The second-order valence-electron chi connectivity index (χ2n) is 3.20. The summed E-state index contributed by atoms with van der Waals surface area (Å²) < 4.78 is 73.1. The summed E-state index contributed by atoms with van der Waals surface area (Å²) in [6.07, 6.45) is -9.86. The molecule has 0 heterocycles. The zero-order valence-electron chi connectivity index (χ0n) is 8.39. The van der Waals surface area contributed by atoms with Crippen molar-refractivity contribution in [1.29, 1.82) is 0 Å². The maximum atomic E-state index is 12.3. The summed E-state index contributed by atoms with van der Waals surface area (Å²) in [5.41, 5.74) is -3.00. The topological polar surface area (TPSA) is 0 Å². The van der Waals surface area contributed by atoms with Crippen LogP contribution in [0.4, 0.5) is 26.3 Å². The van der Waals surface area contributed by atoms with Crippen LogP contribution in [0, 0.1) is 0 Å². The van der Waals surface area contributed by atoms with Gasteiger partial charge in [-0.1, -0.05) is 13.3 Å². The molecule has 90 valence electrons. The van der Waals surface area contributed by atoms with Crippen molar-refractivity contribution < 1.29 is 26.3 Å². The fourth-order valence-electron chi connectivity index (χ4n) is 1.07. The SMILES string of the molecule is CCCCC(=C(C)C(F)(F)F)C(F)(F)F. The van der Waals surface area contributed by atoms with Crippen molar-refractivity contribution >= 4 is 0 Å². The summed E-state index contributed by atoms with van der Waals surface area (Å²) in [6, 6.07) is 0. The minimum absolute atomic E-state index is 0.0995. The minimum Gasteiger partial charge on any atom is -0.166 e. The molecule has 0 aliphatic heterocycles. The van der Waals surface area contributed by atoms with Crippen LogP contribution in [0.2, 0.25) is 0 Å². The van der Waals surface area contributed by atoms with E-state index >= 15 is 0 Å². The molecule has 0 rings (SSSR count). The van der Waals surface area contributed by atoms with E-state index in [1.807, 2.05) is 0 Å². The summed E-state index contributed by atoms with van der Waals surface area (Å²) in [5.74, 6) is 0. The number of hydrogen-bond acceptors (Lipinski definition) is 0. The Morgan fingerprint density at radius 2 is 1.40 bits per heavy atom. The first-order chi connectivity index (χ1) is 6.60. The molecule has 0 unspecified atom stereocenters. The molecule has 0 N–H and O–H groups in total. The molecule has 0 fully saturated rings. The van der Waals surface area contributed by atoms with Crippen LogP contribution >= 0.6 is 0 Å². The first-order valence-electron chi connectivity index (χ1n) is 4.44. The van der Waals surface area contributed by atoms with E-state index in [9.17, 15) is 26.3 Å². The molecule has 0 aliphatic rings. The summed E-state index contributed by atoms with van der Waals surface area (Å²) in [7, 11) is 0. The Hall–Kier alpha value is -0.680. The Morgan fingerprint density at radius 3 is 1.67 bits per heavy atom. The molecule has 0 aromatic carbocycles. The maximum absolute atomic E-state index is 12.3. The largest absolute Gasteiger partial charge is 0.412 e. The maximum Gasteiger partial charge on any atom is 0.412 e. The Bertz CT molecular complexity index is 232. The van der Waals surface area contributed by atoms with Crippen molar-refractivity contribution in [2.24, 2.45) is 0 Å². The van der Waals surface area contributed by atoms with Crippen molar-refractivity contribution in [1.82, 2.24) is 0 Å². The lowest BCUT2D eigenvalue weighted by atomic mass is 10.0. The van der Waals surface area contributed by atoms with Gasteiger partial charge in [0.1, 0.15) is 0 Å². The van der Waals surface area contributed by atoms with Gasteiger partial charge in [0.15, 0.2) is 0 Å². The van der Waals surface area contributed by atoms with Gasteiger partial charge >= 0.3 is 12.4 Å². The molecule has 0 nitrogen and oxygen atoms in total. The van der Waals surface area contributed by atoms with E-state index in [-0.39, 0.29) is 6.42 Å². The van der Waals surface area contributed by atoms with Gasteiger partial charge in [-0.25, -0.2) is 0 Å². The molecule has 0 aromatic rings. The number of allylic oxidation sites excluding steroid dienone is 2. The van der Waals surface area contributed by atoms with Gasteiger partial charge in [-0.3, -0.25) is 0 Å². The fourth-order valence-corrected chi connectivity index (χ4v) is 1.07. The zero-order valence-corrected chi connectivity index (χ0v) is 8.39. The number of hydrogen-bond donors (Lipinski definition) is 0. The van der Waals surface area contributed by atoms with Gasteiger partial charge in [0, 0.05) is 11.1 Å². The van der Waals surface area contributed by atoms with Gasteiger partial charge in [-0.05, 0) is 19.8 Å². The first kappa shape index (κ1) is 14.3.